The van der Waals surface area contributed by atoms with E-state index in [0.717, 1.165) is 5.69 Å². The average molecular weight is 425 g/mol. The fourth-order valence-corrected chi connectivity index (χ4v) is 3.93. The summed E-state index contributed by atoms with van der Waals surface area (Å²) in [5.74, 6) is -1.33. The van der Waals surface area contributed by atoms with Gasteiger partial charge in [0.15, 0.2) is 5.78 Å². The van der Waals surface area contributed by atoms with Crippen LogP contribution in [0.15, 0.2) is 12.1 Å². The third kappa shape index (κ3) is 4.38. The number of carbonyl (C=O) groups is 2. The summed E-state index contributed by atoms with van der Waals surface area (Å²) in [4.78, 5) is 27.6. The van der Waals surface area contributed by atoms with E-state index in [9.17, 15) is 14.0 Å². The smallest absolute Gasteiger partial charge is 0.410 e. The Morgan fingerprint density at radius 2 is 1.84 bits per heavy atom. The third-order valence-corrected chi connectivity index (χ3v) is 5.41. The van der Waals surface area contributed by atoms with Crippen molar-refractivity contribution < 1.29 is 18.7 Å². The van der Waals surface area contributed by atoms with E-state index in [1.165, 1.54) is 0 Å². The number of amides is 1. The summed E-state index contributed by atoms with van der Waals surface area (Å²) in [5, 5.41) is 4.69. The highest BCUT2D eigenvalue weighted by atomic mass is 19.1. The van der Waals surface area contributed by atoms with Crippen LogP contribution in [-0.4, -0.2) is 46.5 Å². The summed E-state index contributed by atoms with van der Waals surface area (Å²) in [5.41, 5.74) is 2.61. The lowest BCUT2D eigenvalue weighted by atomic mass is 9.82. The molecule has 0 saturated carbocycles. The van der Waals surface area contributed by atoms with Crippen LogP contribution < -0.4 is 0 Å². The fraction of sp³-hybridized carbons (Fsp3) is 0.522. The molecule has 8 heteroatoms. The largest absolute Gasteiger partial charge is 0.444 e. The fourth-order valence-electron chi connectivity index (χ4n) is 3.93. The number of ketones is 1. The molecule has 3 rings (SSSR count). The first-order valence-electron chi connectivity index (χ1n) is 10.5. The highest BCUT2D eigenvalue weighted by Gasteiger charge is 2.37. The Hall–Kier alpha value is -2.64. The molecule has 0 aliphatic carbocycles. The zero-order valence-electron chi connectivity index (χ0n) is 19.2. The number of nitrogens with zero attached hydrogens (tertiary/aromatic N) is 3. The minimum atomic E-state index is -0.758. The van der Waals surface area contributed by atoms with Crippen LogP contribution in [0.1, 0.15) is 73.5 Å². The van der Waals surface area contributed by atoms with E-state index in [1.54, 1.807) is 42.5 Å². The van der Waals surface area contributed by atoms with Gasteiger partial charge >= 0.3 is 6.09 Å². The lowest BCUT2D eigenvalue weighted by molar-refractivity contribution is 0.0158. The van der Waals surface area contributed by atoms with E-state index < -0.39 is 23.6 Å². The van der Waals surface area contributed by atoms with Gasteiger partial charge in [-0.1, -0.05) is 6.92 Å². The van der Waals surface area contributed by atoms with Crippen molar-refractivity contribution in [2.75, 3.05) is 6.54 Å². The maximum Gasteiger partial charge on any atom is 0.410 e. The number of ether oxygens (including phenoxy) is 1. The van der Waals surface area contributed by atoms with Crippen molar-refractivity contribution in [2.24, 2.45) is 0 Å². The average Bonchev–Trinajstić information content (AvgIpc) is 3.04. The van der Waals surface area contributed by atoms with Crippen molar-refractivity contribution in [3.05, 3.63) is 46.0 Å². The van der Waals surface area contributed by atoms with Gasteiger partial charge in [-0.3, -0.25) is 4.79 Å². The Morgan fingerprint density at radius 1 is 1.26 bits per heavy atom. The number of hydrogen-bond acceptors (Lipinski definition) is 4. The van der Waals surface area contributed by atoms with E-state index in [2.05, 4.69) is 0 Å². The number of hydrogen-bond donors (Lipinski definition) is 0. The van der Waals surface area contributed by atoms with E-state index >= 15 is 0 Å². The normalized spacial score (nSPS) is 17.3. The monoisotopic (exact) mass is 425 g/mol. The lowest BCUT2D eigenvalue weighted by Crippen LogP contribution is -2.42. The van der Waals surface area contributed by atoms with Crippen molar-refractivity contribution in [2.45, 2.75) is 72.3 Å². The number of rotatable bonds is 3. The summed E-state index contributed by atoms with van der Waals surface area (Å²) in [7, 11) is 5.96. The second-order valence-electron chi connectivity index (χ2n) is 9.27. The number of carbonyl (C=O) groups excluding carboxylic acids is 2. The molecule has 31 heavy (non-hydrogen) atoms. The van der Waals surface area contributed by atoms with E-state index in [4.69, 9.17) is 17.7 Å². The molecule has 6 nitrogen and oxygen atoms in total. The van der Waals surface area contributed by atoms with Crippen LogP contribution in [-0.2, 0) is 11.2 Å². The first kappa shape index (κ1) is 23.0. The van der Waals surface area contributed by atoms with E-state index in [-0.39, 0.29) is 11.6 Å². The molecule has 1 aliphatic heterocycles. The molecule has 0 fully saturated rings. The van der Waals surface area contributed by atoms with Crippen molar-refractivity contribution in [1.29, 1.82) is 0 Å². The predicted molar refractivity (Wildman–Crippen MR) is 118 cm³/mol. The molecule has 2 radical (unpaired) electrons. The zero-order valence-corrected chi connectivity index (χ0v) is 19.2. The number of halogens is 1. The predicted octanol–water partition coefficient (Wildman–Crippen LogP) is 4.64. The molecule has 1 amide bonds. The second kappa shape index (κ2) is 8.13. The van der Waals surface area contributed by atoms with Gasteiger partial charge in [0.2, 0.25) is 0 Å². The van der Waals surface area contributed by atoms with Gasteiger partial charge < -0.3 is 9.64 Å². The Kier molecular flexibility index (Phi) is 6.04. The van der Waals surface area contributed by atoms with Crippen molar-refractivity contribution in [3.8, 4) is 5.69 Å². The Balaban J connectivity index is 2.15. The van der Waals surface area contributed by atoms with Gasteiger partial charge in [-0.25, -0.2) is 13.9 Å². The lowest BCUT2D eigenvalue weighted by Gasteiger charge is -2.35. The highest BCUT2D eigenvalue weighted by molar-refractivity contribution is 6.27. The quantitative estimate of drug-likeness (QED) is 0.531. The maximum absolute atomic E-state index is 14.2. The molecule has 1 aromatic carbocycles. The topological polar surface area (TPSA) is 64.4 Å². The second-order valence-corrected chi connectivity index (χ2v) is 9.27. The molecule has 1 aliphatic rings. The van der Waals surface area contributed by atoms with Gasteiger partial charge in [0.05, 0.1) is 25.3 Å². The third-order valence-electron chi connectivity index (χ3n) is 5.41. The van der Waals surface area contributed by atoms with Gasteiger partial charge in [0.1, 0.15) is 17.1 Å². The van der Waals surface area contributed by atoms with Crippen LogP contribution >= 0.6 is 0 Å². The van der Waals surface area contributed by atoms with Gasteiger partial charge in [0.25, 0.3) is 0 Å². The first-order chi connectivity index (χ1) is 14.3. The molecular weight excluding hydrogens is 396 g/mol. The van der Waals surface area contributed by atoms with Crippen LogP contribution in [0.2, 0.25) is 5.82 Å². The molecule has 0 spiro atoms. The van der Waals surface area contributed by atoms with Crippen LogP contribution in [0.5, 0.6) is 0 Å². The van der Waals surface area contributed by atoms with E-state index in [0.29, 0.717) is 41.0 Å². The van der Waals surface area contributed by atoms with Crippen molar-refractivity contribution in [3.63, 3.8) is 0 Å². The summed E-state index contributed by atoms with van der Waals surface area (Å²) >= 11 is 0. The van der Waals surface area contributed by atoms with Gasteiger partial charge in [-0.2, -0.15) is 5.10 Å². The standard InChI is InChI=1S/C23H29BFN3O3/c1-12-10-16(11-13(2)19(12)25)28-20(21(29)14(3)24)18-15(4)27(9-8-17(18)26-28)22(30)31-23(5,6)7/h10-11,14-15H,8-9H2,1-7H3/t14?,15-/m0/s1. The maximum atomic E-state index is 14.2. The van der Waals surface area contributed by atoms with Crippen molar-refractivity contribution in [1.82, 2.24) is 14.7 Å². The molecular formula is C23H29BFN3O3. The summed E-state index contributed by atoms with van der Waals surface area (Å²) < 4.78 is 21.3. The van der Waals surface area contributed by atoms with Gasteiger partial charge in [-0.15, -0.1) is 0 Å². The minimum Gasteiger partial charge on any atom is -0.444 e. The minimum absolute atomic E-state index is 0.286. The van der Waals surface area contributed by atoms with Gasteiger partial charge in [-0.05, 0) is 70.6 Å². The molecule has 0 saturated heterocycles. The van der Waals surface area contributed by atoms with Crippen LogP contribution in [0.25, 0.3) is 5.69 Å². The molecule has 1 aromatic heterocycles. The number of aryl methyl sites for hydroxylation is 2. The molecule has 2 heterocycles. The summed E-state index contributed by atoms with van der Waals surface area (Å²) in [6.07, 6.45) is 0.0377. The zero-order chi connectivity index (χ0) is 23.2. The van der Waals surface area contributed by atoms with Gasteiger partial charge in [0, 0.05) is 18.5 Å². The number of aromatic nitrogens is 2. The van der Waals surface area contributed by atoms with Crippen LogP contribution in [0.4, 0.5) is 9.18 Å². The SMILES string of the molecule is [B]C(C)C(=O)c1c2c(nn1-c1cc(C)c(F)c(C)c1)CCN(C(=O)OC(C)(C)C)[C@H]2C. The van der Waals surface area contributed by atoms with Crippen LogP contribution in [0.3, 0.4) is 0 Å². The molecule has 2 aromatic rings. The van der Waals surface area contributed by atoms with Crippen molar-refractivity contribution >= 4 is 19.7 Å². The highest BCUT2D eigenvalue weighted by Crippen LogP contribution is 2.36. The molecule has 2 atom stereocenters. The Bertz CT molecular complexity index is 1020. The Morgan fingerprint density at radius 3 is 2.35 bits per heavy atom. The number of benzene rings is 1. The Labute approximate surface area is 184 Å². The number of Topliss-reactive ketones (excluding diaryl/α,β-unsaturated/α-hetero) is 1. The molecule has 164 valence electrons. The summed E-state index contributed by atoms with van der Waals surface area (Å²) in [6.45, 7) is 12.7. The number of fused-ring (bicyclic) bond motifs is 1. The molecule has 1 unspecified atom stereocenters. The van der Waals surface area contributed by atoms with E-state index in [1.807, 2.05) is 27.7 Å². The molecule has 0 N–H and O–H groups in total. The summed E-state index contributed by atoms with van der Waals surface area (Å²) in [6, 6.07) is 2.90. The molecule has 0 bridgehead atoms. The van der Waals surface area contributed by atoms with Crippen LogP contribution in [0, 0.1) is 19.7 Å². The first-order valence-corrected chi connectivity index (χ1v) is 10.5.